The molecule has 2 aromatic heterocycles. The molecule has 0 radical (unpaired) electrons. The van der Waals surface area contributed by atoms with Crippen molar-refractivity contribution in [2.75, 3.05) is 12.4 Å². The highest BCUT2D eigenvalue weighted by Gasteiger charge is 2.11. The van der Waals surface area contributed by atoms with Crippen molar-refractivity contribution in [1.29, 1.82) is 0 Å². The molecule has 1 aromatic carbocycles. The number of imidazole rings is 1. The summed E-state index contributed by atoms with van der Waals surface area (Å²) in [5, 5.41) is 3.18. The Labute approximate surface area is 129 Å². The Morgan fingerprint density at radius 2 is 2.20 bits per heavy atom. The van der Waals surface area contributed by atoms with Gasteiger partial charge < -0.3 is 9.88 Å². The smallest absolute Gasteiger partial charge is 0.226 e. The number of halogens is 2. The van der Waals surface area contributed by atoms with Gasteiger partial charge in [0, 0.05) is 11.5 Å². The number of rotatable bonds is 3. The number of hydrogen-bond donors (Lipinski definition) is 1. The Morgan fingerprint density at radius 3 is 2.95 bits per heavy atom. The monoisotopic (exact) mass is 351 g/mol. The average molecular weight is 353 g/mol. The number of anilines is 1. The van der Waals surface area contributed by atoms with Crippen LogP contribution in [-0.2, 0) is 6.54 Å². The van der Waals surface area contributed by atoms with Gasteiger partial charge in [0.1, 0.15) is 0 Å². The summed E-state index contributed by atoms with van der Waals surface area (Å²) in [6, 6.07) is 8.11. The van der Waals surface area contributed by atoms with Crippen LogP contribution in [0.15, 0.2) is 35.1 Å². The van der Waals surface area contributed by atoms with Gasteiger partial charge in [0.05, 0.1) is 12.9 Å². The standard InChI is InChI=1S/C13H11BrClN5/c1-16-11-10-12(19-13(15)18-11)20(7-17-10)6-8-3-2-4-9(14)5-8/h2-5,7H,6H2,1H3,(H,16,18,19). The van der Waals surface area contributed by atoms with Gasteiger partial charge in [0.2, 0.25) is 5.28 Å². The third-order valence-corrected chi connectivity index (χ3v) is 3.58. The second-order valence-electron chi connectivity index (χ2n) is 4.27. The molecule has 7 heteroatoms. The molecule has 20 heavy (non-hydrogen) atoms. The molecule has 0 bridgehead atoms. The highest BCUT2D eigenvalue weighted by molar-refractivity contribution is 9.10. The molecule has 0 atom stereocenters. The van der Waals surface area contributed by atoms with Gasteiger partial charge in [0.15, 0.2) is 17.0 Å². The molecule has 0 spiro atoms. The fraction of sp³-hybridized carbons (Fsp3) is 0.154. The summed E-state index contributed by atoms with van der Waals surface area (Å²) < 4.78 is 2.99. The molecular weight excluding hydrogens is 342 g/mol. The summed E-state index contributed by atoms with van der Waals surface area (Å²) in [5.74, 6) is 0.632. The Hall–Kier alpha value is -1.66. The highest BCUT2D eigenvalue weighted by Crippen LogP contribution is 2.21. The first-order valence-electron chi connectivity index (χ1n) is 5.98. The van der Waals surface area contributed by atoms with Crippen molar-refractivity contribution in [1.82, 2.24) is 19.5 Å². The van der Waals surface area contributed by atoms with Crippen LogP contribution in [0.4, 0.5) is 5.82 Å². The van der Waals surface area contributed by atoms with Crippen LogP contribution in [0, 0.1) is 0 Å². The predicted octanol–water partition coefficient (Wildman–Crippen LogP) is 3.33. The molecule has 0 saturated carbocycles. The minimum atomic E-state index is 0.206. The Bertz CT molecular complexity index is 771. The number of fused-ring (bicyclic) bond motifs is 1. The first kappa shape index (κ1) is 13.3. The third-order valence-electron chi connectivity index (χ3n) is 2.92. The molecule has 0 amide bonds. The van der Waals surface area contributed by atoms with E-state index in [0.717, 1.165) is 10.0 Å². The van der Waals surface area contributed by atoms with Gasteiger partial charge in [-0.25, -0.2) is 4.98 Å². The maximum absolute atomic E-state index is 5.95. The zero-order valence-corrected chi connectivity index (χ0v) is 13.0. The lowest BCUT2D eigenvalue weighted by molar-refractivity contribution is 0.813. The molecule has 3 rings (SSSR count). The lowest BCUT2D eigenvalue weighted by atomic mass is 10.2. The molecular formula is C13H11BrClN5. The van der Waals surface area contributed by atoms with Crippen LogP contribution in [-0.4, -0.2) is 26.6 Å². The van der Waals surface area contributed by atoms with Gasteiger partial charge in [-0.05, 0) is 29.3 Å². The van der Waals surface area contributed by atoms with E-state index in [-0.39, 0.29) is 5.28 Å². The van der Waals surface area contributed by atoms with Crippen LogP contribution in [0.5, 0.6) is 0 Å². The highest BCUT2D eigenvalue weighted by atomic mass is 79.9. The normalized spacial score (nSPS) is 10.9. The zero-order valence-electron chi connectivity index (χ0n) is 10.6. The van der Waals surface area contributed by atoms with Gasteiger partial charge in [-0.15, -0.1) is 0 Å². The SMILES string of the molecule is CNc1nc(Cl)nc2c1ncn2Cc1cccc(Br)c1. The second-order valence-corrected chi connectivity index (χ2v) is 5.52. The molecule has 0 saturated heterocycles. The molecule has 0 aliphatic rings. The van der Waals surface area contributed by atoms with Crippen LogP contribution in [0.1, 0.15) is 5.56 Å². The number of nitrogens with one attached hydrogen (secondary N) is 1. The van der Waals surface area contributed by atoms with Crippen molar-refractivity contribution in [3.05, 3.63) is 45.9 Å². The van der Waals surface area contributed by atoms with Crippen molar-refractivity contribution < 1.29 is 0 Å². The van der Waals surface area contributed by atoms with E-state index in [9.17, 15) is 0 Å². The van der Waals surface area contributed by atoms with E-state index in [2.05, 4.69) is 48.3 Å². The van der Waals surface area contributed by atoms with Crippen LogP contribution in [0.2, 0.25) is 5.28 Å². The fourth-order valence-corrected chi connectivity index (χ4v) is 2.65. The topological polar surface area (TPSA) is 55.6 Å². The Morgan fingerprint density at radius 1 is 1.35 bits per heavy atom. The molecule has 5 nitrogen and oxygen atoms in total. The van der Waals surface area contributed by atoms with Gasteiger partial charge in [-0.2, -0.15) is 9.97 Å². The second kappa shape index (κ2) is 5.38. The van der Waals surface area contributed by atoms with Crippen molar-refractivity contribution in [3.8, 4) is 0 Å². The van der Waals surface area contributed by atoms with E-state index >= 15 is 0 Å². The number of hydrogen-bond acceptors (Lipinski definition) is 4. The van der Waals surface area contributed by atoms with Crippen molar-refractivity contribution >= 4 is 44.5 Å². The van der Waals surface area contributed by atoms with Crippen LogP contribution < -0.4 is 5.32 Å². The fourth-order valence-electron chi connectivity index (χ4n) is 2.04. The minimum absolute atomic E-state index is 0.206. The summed E-state index contributed by atoms with van der Waals surface area (Å²) in [6.45, 7) is 0.673. The molecule has 0 aliphatic heterocycles. The lowest BCUT2D eigenvalue weighted by Gasteiger charge is -2.06. The summed E-state index contributed by atoms with van der Waals surface area (Å²) in [4.78, 5) is 12.7. The van der Waals surface area contributed by atoms with E-state index < -0.39 is 0 Å². The minimum Gasteiger partial charge on any atom is -0.371 e. The largest absolute Gasteiger partial charge is 0.371 e. The van der Waals surface area contributed by atoms with Crippen molar-refractivity contribution in [2.24, 2.45) is 0 Å². The molecule has 102 valence electrons. The van der Waals surface area contributed by atoms with Gasteiger partial charge in [-0.3, -0.25) is 0 Å². The van der Waals surface area contributed by atoms with Crippen molar-refractivity contribution in [3.63, 3.8) is 0 Å². The zero-order chi connectivity index (χ0) is 14.1. The van der Waals surface area contributed by atoms with Crippen molar-refractivity contribution in [2.45, 2.75) is 6.54 Å². The van der Waals surface area contributed by atoms with E-state index in [0.29, 0.717) is 23.5 Å². The van der Waals surface area contributed by atoms with Gasteiger partial charge >= 0.3 is 0 Å². The van der Waals surface area contributed by atoms with Crippen LogP contribution in [0.25, 0.3) is 11.2 Å². The molecule has 1 N–H and O–H groups in total. The molecule has 2 heterocycles. The first-order valence-corrected chi connectivity index (χ1v) is 7.15. The van der Waals surface area contributed by atoms with E-state index in [1.165, 1.54) is 0 Å². The maximum Gasteiger partial charge on any atom is 0.226 e. The Balaban J connectivity index is 2.06. The molecule has 3 aromatic rings. The van der Waals surface area contributed by atoms with Crippen LogP contribution in [0.3, 0.4) is 0 Å². The van der Waals surface area contributed by atoms with E-state index in [1.54, 1.807) is 13.4 Å². The first-order chi connectivity index (χ1) is 9.67. The van der Waals surface area contributed by atoms with E-state index in [4.69, 9.17) is 11.6 Å². The lowest BCUT2D eigenvalue weighted by Crippen LogP contribution is -2.01. The van der Waals surface area contributed by atoms with Gasteiger partial charge in [-0.1, -0.05) is 28.1 Å². The predicted molar refractivity (Wildman–Crippen MR) is 83.1 cm³/mol. The quantitative estimate of drug-likeness (QED) is 0.735. The van der Waals surface area contributed by atoms with Crippen LogP contribution >= 0.6 is 27.5 Å². The third kappa shape index (κ3) is 2.48. The summed E-state index contributed by atoms with van der Waals surface area (Å²) in [7, 11) is 1.78. The summed E-state index contributed by atoms with van der Waals surface area (Å²) >= 11 is 9.42. The molecule has 0 fully saturated rings. The Kier molecular flexibility index (Phi) is 3.58. The summed E-state index contributed by atoms with van der Waals surface area (Å²) in [5.41, 5.74) is 2.58. The van der Waals surface area contributed by atoms with Gasteiger partial charge in [0.25, 0.3) is 0 Å². The number of benzene rings is 1. The molecule has 0 unspecified atom stereocenters. The molecule has 0 aliphatic carbocycles. The van der Waals surface area contributed by atoms with E-state index in [1.807, 2.05) is 16.7 Å². The maximum atomic E-state index is 5.95. The average Bonchev–Trinajstić information content (AvgIpc) is 2.81. The number of aromatic nitrogens is 4. The number of nitrogens with zero attached hydrogens (tertiary/aromatic N) is 4. The summed E-state index contributed by atoms with van der Waals surface area (Å²) in [6.07, 6.45) is 1.75.